The second-order valence-corrected chi connectivity index (χ2v) is 7.34. The maximum Gasteiger partial charge on any atom is 0.240 e. The zero-order valence-corrected chi connectivity index (χ0v) is 14.5. The summed E-state index contributed by atoms with van der Waals surface area (Å²) in [7, 11) is -1.71. The van der Waals surface area contributed by atoms with Crippen LogP contribution in [0.2, 0.25) is 5.02 Å². The number of aromatic nitrogens is 3. The Bertz CT molecular complexity index is 971. The molecule has 24 heavy (non-hydrogen) atoms. The monoisotopic (exact) mass is 365 g/mol. The lowest BCUT2D eigenvalue weighted by Crippen LogP contribution is -2.29. The van der Waals surface area contributed by atoms with Crippen molar-refractivity contribution in [1.82, 2.24) is 19.3 Å². The summed E-state index contributed by atoms with van der Waals surface area (Å²) in [5.74, 6) is 0.653. The zero-order chi connectivity index (χ0) is 17.2. The zero-order valence-electron chi connectivity index (χ0n) is 12.9. The van der Waals surface area contributed by atoms with Gasteiger partial charge < -0.3 is 9.88 Å². The third-order valence-corrected chi connectivity index (χ3v) is 5.18. The standard InChI is InChI=1S/C15H16ClN5O2S/c1-21-14-10-17-6-5-13(14)20-15(21)18-7-8-19-24(22,23)12-4-2-3-11(16)9-12/h2-6,9-10,19H,7-8H2,1H3,(H,18,20). The van der Waals surface area contributed by atoms with Crippen LogP contribution >= 0.6 is 11.6 Å². The van der Waals surface area contributed by atoms with Gasteiger partial charge >= 0.3 is 0 Å². The summed E-state index contributed by atoms with van der Waals surface area (Å²) >= 11 is 5.83. The van der Waals surface area contributed by atoms with Crippen LogP contribution in [-0.4, -0.2) is 36.0 Å². The van der Waals surface area contributed by atoms with Gasteiger partial charge in [-0.15, -0.1) is 0 Å². The van der Waals surface area contributed by atoms with Gasteiger partial charge in [0.15, 0.2) is 0 Å². The lowest BCUT2D eigenvalue weighted by atomic mass is 10.4. The molecule has 0 aliphatic rings. The van der Waals surface area contributed by atoms with Crippen molar-refractivity contribution >= 4 is 38.6 Å². The molecule has 0 radical (unpaired) electrons. The molecule has 3 aromatic rings. The van der Waals surface area contributed by atoms with E-state index in [0.29, 0.717) is 17.5 Å². The highest BCUT2D eigenvalue weighted by molar-refractivity contribution is 7.89. The van der Waals surface area contributed by atoms with Crippen molar-refractivity contribution in [3.8, 4) is 0 Å². The molecule has 0 fully saturated rings. The van der Waals surface area contributed by atoms with Gasteiger partial charge in [-0.3, -0.25) is 4.98 Å². The van der Waals surface area contributed by atoms with Crippen molar-refractivity contribution in [1.29, 1.82) is 0 Å². The summed E-state index contributed by atoms with van der Waals surface area (Å²) in [6, 6.07) is 7.96. The molecule has 126 valence electrons. The fourth-order valence-corrected chi connectivity index (χ4v) is 3.60. The minimum absolute atomic E-state index is 0.142. The number of halogens is 1. The van der Waals surface area contributed by atoms with Crippen molar-refractivity contribution in [3.05, 3.63) is 47.7 Å². The molecule has 0 spiro atoms. The van der Waals surface area contributed by atoms with Gasteiger partial charge in [0.1, 0.15) is 0 Å². The van der Waals surface area contributed by atoms with Crippen LogP contribution in [0.15, 0.2) is 47.6 Å². The summed E-state index contributed by atoms with van der Waals surface area (Å²) in [6.45, 7) is 0.612. The van der Waals surface area contributed by atoms with Crippen molar-refractivity contribution < 1.29 is 8.42 Å². The highest BCUT2D eigenvalue weighted by Gasteiger charge is 2.13. The number of nitrogens with zero attached hydrogens (tertiary/aromatic N) is 3. The summed E-state index contributed by atoms with van der Waals surface area (Å²) < 4.78 is 28.8. The van der Waals surface area contributed by atoms with E-state index in [1.54, 1.807) is 24.5 Å². The first kappa shape index (κ1) is 16.7. The van der Waals surface area contributed by atoms with Crippen LogP contribution in [0.25, 0.3) is 11.0 Å². The first-order valence-electron chi connectivity index (χ1n) is 7.23. The molecule has 0 aliphatic heterocycles. The van der Waals surface area contributed by atoms with E-state index in [2.05, 4.69) is 20.0 Å². The molecule has 0 amide bonds. The fourth-order valence-electron chi connectivity index (χ4n) is 2.27. The Morgan fingerprint density at radius 2 is 2.08 bits per heavy atom. The maximum absolute atomic E-state index is 12.2. The van der Waals surface area contributed by atoms with Crippen LogP contribution in [0.5, 0.6) is 0 Å². The van der Waals surface area contributed by atoms with Gasteiger partial charge in [0.25, 0.3) is 0 Å². The Labute approximate surface area is 144 Å². The van der Waals surface area contributed by atoms with Crippen LogP contribution in [0.1, 0.15) is 0 Å². The average Bonchev–Trinajstić information content (AvgIpc) is 2.88. The van der Waals surface area contributed by atoms with E-state index in [4.69, 9.17) is 11.6 Å². The number of hydrogen-bond donors (Lipinski definition) is 2. The first-order valence-corrected chi connectivity index (χ1v) is 9.09. The molecule has 0 atom stereocenters. The highest BCUT2D eigenvalue weighted by Crippen LogP contribution is 2.16. The number of hydrogen-bond acceptors (Lipinski definition) is 5. The van der Waals surface area contributed by atoms with E-state index in [-0.39, 0.29) is 11.4 Å². The van der Waals surface area contributed by atoms with Crippen LogP contribution in [-0.2, 0) is 17.1 Å². The Hall–Kier alpha value is -2.16. The topological polar surface area (TPSA) is 88.9 Å². The Kier molecular flexibility index (Phi) is 4.70. The van der Waals surface area contributed by atoms with Crippen LogP contribution in [0.4, 0.5) is 5.95 Å². The van der Waals surface area contributed by atoms with Gasteiger partial charge in [-0.1, -0.05) is 17.7 Å². The number of anilines is 1. The van der Waals surface area contributed by atoms with Crippen molar-refractivity contribution in [2.45, 2.75) is 4.90 Å². The van der Waals surface area contributed by atoms with E-state index in [1.165, 1.54) is 12.1 Å². The summed E-state index contributed by atoms with van der Waals surface area (Å²) in [5, 5.41) is 3.49. The van der Waals surface area contributed by atoms with E-state index in [9.17, 15) is 8.42 Å². The van der Waals surface area contributed by atoms with E-state index < -0.39 is 10.0 Å². The molecule has 0 saturated heterocycles. The largest absolute Gasteiger partial charge is 0.354 e. The third kappa shape index (κ3) is 3.50. The Morgan fingerprint density at radius 3 is 2.83 bits per heavy atom. The van der Waals surface area contributed by atoms with Crippen molar-refractivity contribution in [2.75, 3.05) is 18.4 Å². The lowest BCUT2D eigenvalue weighted by Gasteiger charge is -2.09. The van der Waals surface area contributed by atoms with Gasteiger partial charge in [0.2, 0.25) is 16.0 Å². The second-order valence-electron chi connectivity index (χ2n) is 5.14. The van der Waals surface area contributed by atoms with Gasteiger partial charge in [0, 0.05) is 31.4 Å². The molecule has 2 aromatic heterocycles. The SMILES string of the molecule is Cn1c(NCCNS(=O)(=O)c2cccc(Cl)c2)nc2ccncc21. The molecule has 2 heterocycles. The number of imidazole rings is 1. The van der Waals surface area contributed by atoms with Crippen LogP contribution in [0, 0.1) is 0 Å². The lowest BCUT2D eigenvalue weighted by molar-refractivity contribution is 0.583. The average molecular weight is 366 g/mol. The molecule has 1 aromatic carbocycles. The molecule has 0 saturated carbocycles. The normalized spacial score (nSPS) is 11.8. The maximum atomic E-state index is 12.2. The molecule has 3 rings (SSSR count). The van der Waals surface area contributed by atoms with Gasteiger partial charge in [-0.25, -0.2) is 18.1 Å². The second kappa shape index (κ2) is 6.76. The molecule has 9 heteroatoms. The Balaban J connectivity index is 1.61. The fraction of sp³-hybridized carbons (Fsp3) is 0.200. The molecule has 2 N–H and O–H groups in total. The number of nitrogens with one attached hydrogen (secondary N) is 2. The predicted molar refractivity (Wildman–Crippen MR) is 93.6 cm³/mol. The molecule has 0 unspecified atom stereocenters. The smallest absolute Gasteiger partial charge is 0.240 e. The molecular weight excluding hydrogens is 350 g/mol. The van der Waals surface area contributed by atoms with Crippen LogP contribution < -0.4 is 10.0 Å². The van der Waals surface area contributed by atoms with E-state index >= 15 is 0 Å². The first-order chi connectivity index (χ1) is 11.5. The number of fused-ring (bicyclic) bond motifs is 1. The van der Waals surface area contributed by atoms with Crippen LogP contribution in [0.3, 0.4) is 0 Å². The minimum atomic E-state index is -3.58. The Morgan fingerprint density at radius 1 is 1.25 bits per heavy atom. The van der Waals surface area contributed by atoms with E-state index in [0.717, 1.165) is 11.0 Å². The number of sulfonamides is 1. The number of rotatable bonds is 6. The minimum Gasteiger partial charge on any atom is -0.354 e. The molecule has 0 aliphatic carbocycles. The van der Waals surface area contributed by atoms with E-state index in [1.807, 2.05) is 17.7 Å². The number of aryl methyl sites for hydroxylation is 1. The molecular formula is C15H16ClN5O2S. The molecule has 7 nitrogen and oxygen atoms in total. The predicted octanol–water partition coefficient (Wildman–Crippen LogP) is 2.01. The quantitative estimate of drug-likeness (QED) is 0.652. The number of pyridine rings is 1. The van der Waals surface area contributed by atoms with Gasteiger partial charge in [-0.2, -0.15) is 0 Å². The number of benzene rings is 1. The van der Waals surface area contributed by atoms with Gasteiger partial charge in [0.05, 0.1) is 22.1 Å². The van der Waals surface area contributed by atoms with Gasteiger partial charge in [-0.05, 0) is 24.3 Å². The third-order valence-electron chi connectivity index (χ3n) is 3.49. The van der Waals surface area contributed by atoms with Crippen molar-refractivity contribution in [3.63, 3.8) is 0 Å². The summed E-state index contributed by atoms with van der Waals surface area (Å²) in [6.07, 6.45) is 3.41. The molecule has 0 bridgehead atoms. The highest BCUT2D eigenvalue weighted by atomic mass is 35.5. The van der Waals surface area contributed by atoms with Crippen molar-refractivity contribution in [2.24, 2.45) is 7.05 Å². The summed E-state index contributed by atoms with van der Waals surface area (Å²) in [5.41, 5.74) is 1.73. The summed E-state index contributed by atoms with van der Waals surface area (Å²) in [4.78, 5) is 8.64.